The summed E-state index contributed by atoms with van der Waals surface area (Å²) in [5.74, 6) is 0.966. The van der Waals surface area contributed by atoms with Crippen molar-refractivity contribution in [2.24, 2.45) is 10.9 Å². The van der Waals surface area contributed by atoms with Crippen molar-refractivity contribution < 1.29 is 9.59 Å². The van der Waals surface area contributed by atoms with E-state index < -0.39 is 5.54 Å². The van der Waals surface area contributed by atoms with Crippen molar-refractivity contribution in [1.82, 2.24) is 20.9 Å². The Bertz CT molecular complexity index is 509. The standard InChI is InChI=1S/C16H27N5O2/c1-3-17-14(18-12-5-4-6-12)21-9-7-11(8-10-21)16(2)13(22)19-15(23)20-16/h11-12H,3-10H2,1-2H3,(H,17,18)(H2,19,20,22,23). The van der Waals surface area contributed by atoms with Gasteiger partial charge in [-0.25, -0.2) is 4.79 Å². The molecule has 0 bridgehead atoms. The Morgan fingerprint density at radius 2 is 2.00 bits per heavy atom. The Labute approximate surface area is 137 Å². The van der Waals surface area contributed by atoms with Crippen molar-refractivity contribution >= 4 is 17.9 Å². The zero-order valence-electron chi connectivity index (χ0n) is 14.0. The van der Waals surface area contributed by atoms with E-state index in [1.54, 1.807) is 0 Å². The van der Waals surface area contributed by atoms with Crippen molar-refractivity contribution in [3.05, 3.63) is 0 Å². The molecule has 0 aromatic rings. The van der Waals surface area contributed by atoms with Crippen LogP contribution >= 0.6 is 0 Å². The van der Waals surface area contributed by atoms with Crippen LogP contribution in [-0.4, -0.2) is 54.0 Å². The van der Waals surface area contributed by atoms with Crippen molar-refractivity contribution in [2.75, 3.05) is 19.6 Å². The van der Waals surface area contributed by atoms with Gasteiger partial charge in [-0.1, -0.05) is 0 Å². The minimum Gasteiger partial charge on any atom is -0.354 e. The van der Waals surface area contributed by atoms with Gasteiger partial charge in [0.15, 0.2) is 5.96 Å². The van der Waals surface area contributed by atoms with E-state index in [0.717, 1.165) is 38.4 Å². The van der Waals surface area contributed by atoms with Gasteiger partial charge in [0.2, 0.25) is 0 Å². The first-order valence-corrected chi connectivity index (χ1v) is 8.72. The van der Waals surface area contributed by atoms with Crippen LogP contribution in [0.2, 0.25) is 0 Å². The van der Waals surface area contributed by atoms with E-state index in [1.165, 1.54) is 19.3 Å². The van der Waals surface area contributed by atoms with Gasteiger partial charge in [0.1, 0.15) is 5.54 Å². The third kappa shape index (κ3) is 3.14. The molecule has 3 fully saturated rings. The Hall–Kier alpha value is -1.79. The number of likely N-dealkylation sites (tertiary alicyclic amines) is 1. The Kier molecular flexibility index (Phi) is 4.46. The molecular weight excluding hydrogens is 294 g/mol. The Balaban J connectivity index is 1.59. The normalized spacial score (nSPS) is 30.0. The molecule has 0 spiro atoms. The maximum Gasteiger partial charge on any atom is 0.322 e. The predicted molar refractivity (Wildman–Crippen MR) is 88.1 cm³/mol. The molecule has 3 amide bonds. The second-order valence-electron chi connectivity index (χ2n) is 6.94. The van der Waals surface area contributed by atoms with E-state index in [1.807, 2.05) is 6.92 Å². The summed E-state index contributed by atoms with van der Waals surface area (Å²) in [7, 11) is 0. The molecule has 2 saturated heterocycles. The molecule has 3 aliphatic rings. The second-order valence-corrected chi connectivity index (χ2v) is 6.94. The third-order valence-corrected chi connectivity index (χ3v) is 5.43. The van der Waals surface area contributed by atoms with E-state index in [4.69, 9.17) is 0 Å². The fourth-order valence-electron chi connectivity index (χ4n) is 3.63. The van der Waals surface area contributed by atoms with Crippen molar-refractivity contribution in [3.63, 3.8) is 0 Å². The van der Waals surface area contributed by atoms with Gasteiger partial charge in [0.05, 0.1) is 0 Å². The molecule has 0 aromatic heterocycles. The fraction of sp³-hybridized carbons (Fsp3) is 0.812. The van der Waals surface area contributed by atoms with Gasteiger partial charge < -0.3 is 15.5 Å². The van der Waals surface area contributed by atoms with E-state index in [-0.39, 0.29) is 17.9 Å². The van der Waals surface area contributed by atoms with Crippen molar-refractivity contribution in [3.8, 4) is 0 Å². The molecule has 1 saturated carbocycles. The van der Waals surface area contributed by atoms with Gasteiger partial charge in [0, 0.05) is 25.7 Å². The molecule has 7 nitrogen and oxygen atoms in total. The van der Waals surface area contributed by atoms with Crippen LogP contribution in [0, 0.1) is 5.92 Å². The first-order chi connectivity index (χ1) is 11.0. The van der Waals surface area contributed by atoms with Crippen LogP contribution in [0.5, 0.6) is 0 Å². The summed E-state index contributed by atoms with van der Waals surface area (Å²) >= 11 is 0. The Morgan fingerprint density at radius 3 is 2.48 bits per heavy atom. The molecule has 128 valence electrons. The number of aliphatic imine (C=N–C) groups is 1. The number of nitrogens with zero attached hydrogens (tertiary/aromatic N) is 2. The van der Waals surface area contributed by atoms with Gasteiger partial charge in [-0.05, 0) is 51.9 Å². The number of carbonyl (C=O) groups is 2. The lowest BCUT2D eigenvalue weighted by Crippen LogP contribution is -2.56. The molecule has 2 heterocycles. The molecule has 3 N–H and O–H groups in total. The number of hydrogen-bond acceptors (Lipinski definition) is 3. The van der Waals surface area contributed by atoms with Crippen LogP contribution < -0.4 is 16.0 Å². The fourth-order valence-corrected chi connectivity index (χ4v) is 3.63. The van der Waals surface area contributed by atoms with Gasteiger partial charge in [-0.2, -0.15) is 0 Å². The monoisotopic (exact) mass is 321 g/mol. The number of amides is 3. The van der Waals surface area contributed by atoms with E-state index in [0.29, 0.717) is 6.04 Å². The quantitative estimate of drug-likeness (QED) is 0.408. The smallest absolute Gasteiger partial charge is 0.322 e. The van der Waals surface area contributed by atoms with E-state index in [9.17, 15) is 9.59 Å². The lowest BCUT2D eigenvalue weighted by Gasteiger charge is -2.41. The molecule has 0 aromatic carbocycles. The third-order valence-electron chi connectivity index (χ3n) is 5.43. The summed E-state index contributed by atoms with van der Waals surface area (Å²) < 4.78 is 0. The number of guanidine groups is 1. The maximum absolute atomic E-state index is 12.1. The number of urea groups is 1. The number of rotatable bonds is 3. The maximum atomic E-state index is 12.1. The molecule has 0 radical (unpaired) electrons. The molecule has 7 heteroatoms. The summed E-state index contributed by atoms with van der Waals surface area (Å²) in [6.07, 6.45) is 5.50. The molecule has 23 heavy (non-hydrogen) atoms. The SMILES string of the molecule is CCN=C(NC1CCC1)N1CCC(C2(C)NC(=O)NC2=O)CC1. The van der Waals surface area contributed by atoms with Crippen LogP contribution in [0.4, 0.5) is 4.79 Å². The highest BCUT2D eigenvalue weighted by molar-refractivity contribution is 6.07. The summed E-state index contributed by atoms with van der Waals surface area (Å²) in [5, 5.41) is 8.73. The molecule has 3 rings (SSSR count). The van der Waals surface area contributed by atoms with Crippen LogP contribution in [0.15, 0.2) is 4.99 Å². The van der Waals surface area contributed by atoms with Gasteiger partial charge in [-0.15, -0.1) is 0 Å². The van der Waals surface area contributed by atoms with E-state index in [2.05, 4.69) is 32.8 Å². The Morgan fingerprint density at radius 1 is 1.30 bits per heavy atom. The van der Waals surface area contributed by atoms with Gasteiger partial charge >= 0.3 is 6.03 Å². The van der Waals surface area contributed by atoms with Crippen molar-refractivity contribution in [1.29, 1.82) is 0 Å². The van der Waals surface area contributed by atoms with Crippen LogP contribution in [0.1, 0.15) is 46.0 Å². The van der Waals surface area contributed by atoms with E-state index >= 15 is 0 Å². The first-order valence-electron chi connectivity index (χ1n) is 8.72. The summed E-state index contributed by atoms with van der Waals surface area (Å²) in [5.41, 5.74) is -0.771. The lowest BCUT2D eigenvalue weighted by atomic mass is 9.79. The largest absolute Gasteiger partial charge is 0.354 e. The van der Waals surface area contributed by atoms with Crippen molar-refractivity contribution in [2.45, 2.75) is 57.5 Å². The molecular formula is C16H27N5O2. The number of nitrogens with one attached hydrogen (secondary N) is 3. The zero-order valence-corrected chi connectivity index (χ0v) is 14.0. The molecule has 1 unspecified atom stereocenters. The first kappa shape index (κ1) is 16.1. The number of carbonyl (C=O) groups excluding carboxylic acids is 2. The zero-order chi connectivity index (χ0) is 16.4. The highest BCUT2D eigenvalue weighted by Gasteiger charge is 2.48. The number of hydrogen-bond donors (Lipinski definition) is 3. The highest BCUT2D eigenvalue weighted by Crippen LogP contribution is 2.31. The van der Waals surface area contributed by atoms with Crippen LogP contribution in [0.3, 0.4) is 0 Å². The average molecular weight is 321 g/mol. The summed E-state index contributed by atoms with van der Waals surface area (Å²) in [4.78, 5) is 30.4. The highest BCUT2D eigenvalue weighted by atomic mass is 16.2. The van der Waals surface area contributed by atoms with Gasteiger partial charge in [-0.3, -0.25) is 15.1 Å². The van der Waals surface area contributed by atoms with Crippen LogP contribution in [-0.2, 0) is 4.79 Å². The van der Waals surface area contributed by atoms with Gasteiger partial charge in [0.25, 0.3) is 5.91 Å². The summed E-state index contributed by atoms with van der Waals surface area (Å²) in [6.45, 7) is 6.38. The van der Waals surface area contributed by atoms with Crippen LogP contribution in [0.25, 0.3) is 0 Å². The minimum absolute atomic E-state index is 0.164. The predicted octanol–water partition coefficient (Wildman–Crippen LogP) is 0.815. The topological polar surface area (TPSA) is 85.8 Å². The number of imide groups is 1. The minimum atomic E-state index is -0.771. The second kappa shape index (κ2) is 6.37. The average Bonchev–Trinajstić information content (AvgIpc) is 2.75. The lowest BCUT2D eigenvalue weighted by molar-refractivity contribution is -0.125. The molecule has 1 atom stereocenters. The number of piperidine rings is 1. The molecule has 1 aliphatic carbocycles. The molecule has 2 aliphatic heterocycles. The summed E-state index contributed by atoms with van der Waals surface area (Å²) in [6, 6.07) is 0.190.